The molecule has 0 N–H and O–H groups in total. The molecule has 0 unspecified atom stereocenters. The van der Waals surface area contributed by atoms with Crippen LogP contribution in [0.5, 0.6) is 0 Å². The Hall–Kier alpha value is -0.930. The van der Waals surface area contributed by atoms with Crippen molar-refractivity contribution in [2.75, 3.05) is 0 Å². The summed E-state index contributed by atoms with van der Waals surface area (Å²) in [5.41, 5.74) is 0.953. The Kier molecular flexibility index (Phi) is 2.29. The summed E-state index contributed by atoms with van der Waals surface area (Å²) in [4.78, 5) is 0. The average molecular weight is 211 g/mol. The van der Waals surface area contributed by atoms with Gasteiger partial charge in [0, 0.05) is 5.56 Å². The van der Waals surface area contributed by atoms with Crippen molar-refractivity contribution in [2.45, 2.75) is 6.92 Å². The molecule has 1 aromatic heterocycles. The minimum atomic E-state index is 0.721. The normalized spacial score (nSPS) is 10.3. The highest BCUT2D eigenvalue weighted by atomic mass is 35.5. The Balaban J connectivity index is 2.52. The van der Waals surface area contributed by atoms with Gasteiger partial charge in [0.1, 0.15) is 10.0 Å². The third-order valence-corrected chi connectivity index (χ3v) is 2.83. The molecule has 0 atom stereocenters. The van der Waals surface area contributed by atoms with Gasteiger partial charge in [0.25, 0.3) is 0 Å². The Bertz CT molecular complexity index is 425. The number of hydrogen-bond acceptors (Lipinski definition) is 3. The first-order chi connectivity index (χ1) is 6.27. The molecule has 0 saturated carbocycles. The van der Waals surface area contributed by atoms with E-state index in [0.717, 1.165) is 20.6 Å². The van der Waals surface area contributed by atoms with Crippen LogP contribution in [0.1, 0.15) is 5.01 Å². The fourth-order valence-electron chi connectivity index (χ4n) is 1.04. The number of halogens is 1. The van der Waals surface area contributed by atoms with Gasteiger partial charge in [0.15, 0.2) is 0 Å². The molecule has 0 spiro atoms. The summed E-state index contributed by atoms with van der Waals surface area (Å²) >= 11 is 7.56. The first kappa shape index (κ1) is 8.66. The van der Waals surface area contributed by atoms with Crippen molar-refractivity contribution in [2.24, 2.45) is 0 Å². The van der Waals surface area contributed by atoms with Crippen LogP contribution in [0, 0.1) is 6.92 Å². The molecule has 0 radical (unpaired) electrons. The first-order valence-electron chi connectivity index (χ1n) is 3.82. The quantitative estimate of drug-likeness (QED) is 0.723. The molecule has 0 bridgehead atoms. The molecule has 2 rings (SSSR count). The summed E-state index contributed by atoms with van der Waals surface area (Å²) in [5.74, 6) is 0. The SMILES string of the molecule is Cc1nnc(-c2ccccc2Cl)s1. The lowest BCUT2D eigenvalue weighted by atomic mass is 10.2. The monoisotopic (exact) mass is 210 g/mol. The maximum Gasteiger partial charge on any atom is 0.149 e. The number of benzene rings is 1. The second kappa shape index (κ2) is 3.44. The van der Waals surface area contributed by atoms with E-state index in [1.165, 1.54) is 0 Å². The van der Waals surface area contributed by atoms with Crippen LogP contribution in [0.2, 0.25) is 5.02 Å². The van der Waals surface area contributed by atoms with Crippen LogP contribution in [0.4, 0.5) is 0 Å². The Labute approximate surface area is 85.2 Å². The van der Waals surface area contributed by atoms with Gasteiger partial charge < -0.3 is 0 Å². The molecule has 0 aliphatic rings. The molecule has 2 nitrogen and oxygen atoms in total. The average Bonchev–Trinajstić information content (AvgIpc) is 2.53. The van der Waals surface area contributed by atoms with Gasteiger partial charge in [-0.05, 0) is 13.0 Å². The molecule has 0 aliphatic carbocycles. The first-order valence-corrected chi connectivity index (χ1v) is 5.02. The van der Waals surface area contributed by atoms with Gasteiger partial charge in [-0.15, -0.1) is 10.2 Å². The Morgan fingerprint density at radius 1 is 1.23 bits per heavy atom. The minimum Gasteiger partial charge on any atom is -0.143 e. The lowest BCUT2D eigenvalue weighted by molar-refractivity contribution is 1.05. The minimum absolute atomic E-state index is 0.721. The van der Waals surface area contributed by atoms with Gasteiger partial charge in [0.2, 0.25) is 0 Å². The number of aromatic nitrogens is 2. The fourth-order valence-corrected chi connectivity index (χ4v) is 2.05. The molecular weight excluding hydrogens is 204 g/mol. The number of hydrogen-bond donors (Lipinski definition) is 0. The summed E-state index contributed by atoms with van der Waals surface area (Å²) in [5, 5.41) is 10.5. The molecule has 2 aromatic rings. The lowest BCUT2D eigenvalue weighted by Crippen LogP contribution is -1.77. The Morgan fingerprint density at radius 3 is 2.62 bits per heavy atom. The standard InChI is InChI=1S/C9H7ClN2S/c1-6-11-12-9(13-6)7-4-2-3-5-8(7)10/h2-5H,1H3. The van der Waals surface area contributed by atoms with Gasteiger partial charge in [-0.25, -0.2) is 0 Å². The number of nitrogens with zero attached hydrogens (tertiary/aromatic N) is 2. The van der Waals surface area contributed by atoms with E-state index >= 15 is 0 Å². The smallest absolute Gasteiger partial charge is 0.143 e. The van der Waals surface area contributed by atoms with E-state index in [0.29, 0.717) is 0 Å². The highest BCUT2D eigenvalue weighted by Gasteiger charge is 2.06. The molecule has 0 amide bonds. The van der Waals surface area contributed by atoms with E-state index in [4.69, 9.17) is 11.6 Å². The molecule has 66 valence electrons. The van der Waals surface area contributed by atoms with Crippen molar-refractivity contribution in [3.05, 3.63) is 34.3 Å². The van der Waals surface area contributed by atoms with Crippen LogP contribution >= 0.6 is 22.9 Å². The predicted octanol–water partition coefficient (Wildman–Crippen LogP) is 3.17. The van der Waals surface area contributed by atoms with Crippen molar-refractivity contribution in [3.8, 4) is 10.6 Å². The van der Waals surface area contributed by atoms with Crippen molar-refractivity contribution in [3.63, 3.8) is 0 Å². The van der Waals surface area contributed by atoms with Crippen LogP contribution in [0.15, 0.2) is 24.3 Å². The fraction of sp³-hybridized carbons (Fsp3) is 0.111. The van der Waals surface area contributed by atoms with E-state index in [1.54, 1.807) is 11.3 Å². The van der Waals surface area contributed by atoms with Crippen molar-refractivity contribution in [1.82, 2.24) is 10.2 Å². The van der Waals surface area contributed by atoms with Gasteiger partial charge in [-0.2, -0.15) is 0 Å². The maximum atomic E-state index is 6.01. The van der Waals surface area contributed by atoms with E-state index in [2.05, 4.69) is 10.2 Å². The third-order valence-electron chi connectivity index (χ3n) is 1.63. The second-order valence-corrected chi connectivity index (χ2v) is 4.19. The van der Waals surface area contributed by atoms with Crippen LogP contribution < -0.4 is 0 Å². The summed E-state index contributed by atoms with van der Waals surface area (Å²) < 4.78 is 0. The summed E-state index contributed by atoms with van der Waals surface area (Å²) in [6, 6.07) is 7.65. The van der Waals surface area contributed by atoms with Crippen LogP contribution in [0.25, 0.3) is 10.6 Å². The number of rotatable bonds is 1. The largest absolute Gasteiger partial charge is 0.149 e. The molecule has 4 heteroatoms. The van der Waals surface area contributed by atoms with Crippen LogP contribution in [-0.2, 0) is 0 Å². The maximum absolute atomic E-state index is 6.01. The van der Waals surface area contributed by atoms with Crippen LogP contribution in [-0.4, -0.2) is 10.2 Å². The lowest BCUT2D eigenvalue weighted by Gasteiger charge is -1.96. The topological polar surface area (TPSA) is 25.8 Å². The molecule has 13 heavy (non-hydrogen) atoms. The van der Waals surface area contributed by atoms with E-state index in [-0.39, 0.29) is 0 Å². The van der Waals surface area contributed by atoms with Gasteiger partial charge in [-0.3, -0.25) is 0 Å². The third kappa shape index (κ3) is 1.71. The van der Waals surface area contributed by atoms with Gasteiger partial charge in [0.05, 0.1) is 5.02 Å². The molecule has 1 aromatic carbocycles. The highest BCUT2D eigenvalue weighted by molar-refractivity contribution is 7.14. The van der Waals surface area contributed by atoms with Crippen molar-refractivity contribution in [1.29, 1.82) is 0 Å². The van der Waals surface area contributed by atoms with E-state index in [1.807, 2.05) is 31.2 Å². The molecule has 0 aliphatic heterocycles. The van der Waals surface area contributed by atoms with Crippen molar-refractivity contribution >= 4 is 22.9 Å². The van der Waals surface area contributed by atoms with Gasteiger partial charge >= 0.3 is 0 Å². The zero-order valence-corrected chi connectivity index (χ0v) is 8.56. The molecule has 0 saturated heterocycles. The van der Waals surface area contributed by atoms with E-state index in [9.17, 15) is 0 Å². The zero-order valence-electron chi connectivity index (χ0n) is 6.99. The molecular formula is C9H7ClN2S. The van der Waals surface area contributed by atoms with Gasteiger partial charge in [-0.1, -0.05) is 41.1 Å². The summed E-state index contributed by atoms with van der Waals surface area (Å²) in [7, 11) is 0. The predicted molar refractivity (Wildman–Crippen MR) is 55.1 cm³/mol. The highest BCUT2D eigenvalue weighted by Crippen LogP contribution is 2.29. The zero-order chi connectivity index (χ0) is 9.26. The molecule has 1 heterocycles. The summed E-state index contributed by atoms with van der Waals surface area (Å²) in [6.07, 6.45) is 0. The van der Waals surface area contributed by atoms with Crippen LogP contribution in [0.3, 0.4) is 0 Å². The molecule has 0 fully saturated rings. The number of aryl methyl sites for hydroxylation is 1. The summed E-state index contributed by atoms with van der Waals surface area (Å²) in [6.45, 7) is 1.93. The van der Waals surface area contributed by atoms with E-state index < -0.39 is 0 Å². The Morgan fingerprint density at radius 2 is 2.00 bits per heavy atom. The van der Waals surface area contributed by atoms with Crippen molar-refractivity contribution < 1.29 is 0 Å². The second-order valence-electron chi connectivity index (χ2n) is 2.61.